The summed E-state index contributed by atoms with van der Waals surface area (Å²) in [4.78, 5) is 14.6. The molecule has 140 valence electrons. The number of morpholine rings is 1. The summed E-state index contributed by atoms with van der Waals surface area (Å²) in [7, 11) is 1.90. The molecule has 1 saturated heterocycles. The van der Waals surface area contributed by atoms with Crippen molar-refractivity contribution in [3.05, 3.63) is 42.4 Å². The van der Waals surface area contributed by atoms with Gasteiger partial charge in [0, 0.05) is 37.3 Å². The van der Waals surface area contributed by atoms with E-state index < -0.39 is 0 Å². The summed E-state index contributed by atoms with van der Waals surface area (Å²) in [6.07, 6.45) is 4.29. The van der Waals surface area contributed by atoms with E-state index in [-0.39, 0.29) is 11.9 Å². The minimum Gasteiger partial charge on any atom is -0.376 e. The van der Waals surface area contributed by atoms with Crippen LogP contribution in [0.1, 0.15) is 12.6 Å². The van der Waals surface area contributed by atoms with Crippen LogP contribution in [0.15, 0.2) is 36.7 Å². The van der Waals surface area contributed by atoms with Gasteiger partial charge in [-0.2, -0.15) is 15.3 Å². The van der Waals surface area contributed by atoms with Crippen LogP contribution in [0.2, 0.25) is 0 Å². The third-order valence-electron chi connectivity index (χ3n) is 4.78. The zero-order chi connectivity index (χ0) is 18.8. The Labute approximate surface area is 157 Å². The van der Waals surface area contributed by atoms with Crippen LogP contribution in [0, 0.1) is 0 Å². The zero-order valence-corrected chi connectivity index (χ0v) is 15.6. The Morgan fingerprint density at radius 1 is 1.26 bits per heavy atom. The fraction of sp³-hybridized carbons (Fsp3) is 0.400. The summed E-state index contributed by atoms with van der Waals surface area (Å²) in [5.74, 6) is 0.154. The lowest BCUT2D eigenvalue weighted by atomic mass is 10.1. The first-order valence-electron chi connectivity index (χ1n) is 9.18. The highest BCUT2D eigenvalue weighted by Crippen LogP contribution is 2.23. The molecule has 1 atom stereocenters. The van der Waals surface area contributed by atoms with E-state index in [4.69, 9.17) is 4.74 Å². The highest BCUT2D eigenvalue weighted by molar-refractivity contribution is 5.86. The van der Waals surface area contributed by atoms with Gasteiger partial charge in [-0.1, -0.05) is 6.07 Å². The van der Waals surface area contributed by atoms with Crippen LogP contribution in [0.3, 0.4) is 0 Å². The second kappa shape index (κ2) is 7.54. The largest absolute Gasteiger partial charge is 0.376 e. The molecule has 1 aromatic carbocycles. The Kier molecular flexibility index (Phi) is 4.96. The monoisotopic (exact) mass is 365 g/mol. The molecule has 0 unspecified atom stereocenters. The molecule has 0 bridgehead atoms. The van der Waals surface area contributed by atoms with Gasteiger partial charge in [-0.25, -0.2) is 0 Å². The molecule has 0 amide bonds. The predicted molar refractivity (Wildman–Crippen MR) is 102 cm³/mol. The maximum atomic E-state index is 12.5. The summed E-state index contributed by atoms with van der Waals surface area (Å²) in [5.41, 5.74) is 3.65. The molecule has 2 aromatic heterocycles. The van der Waals surface area contributed by atoms with Gasteiger partial charge in [0.05, 0.1) is 43.1 Å². The van der Waals surface area contributed by atoms with Gasteiger partial charge in [0.1, 0.15) is 0 Å². The molecule has 1 aliphatic rings. The minimum absolute atomic E-state index is 0.154. The van der Waals surface area contributed by atoms with Gasteiger partial charge in [-0.05, 0) is 30.7 Å². The van der Waals surface area contributed by atoms with Crippen molar-refractivity contribution in [1.82, 2.24) is 24.9 Å². The van der Waals surface area contributed by atoms with Gasteiger partial charge >= 0.3 is 0 Å². The highest BCUT2D eigenvalue weighted by Gasteiger charge is 2.19. The number of aryl methyl sites for hydroxylation is 1. The van der Waals surface area contributed by atoms with E-state index in [9.17, 15) is 4.79 Å². The average Bonchev–Trinajstić information content (AvgIpc) is 3.07. The van der Waals surface area contributed by atoms with E-state index in [0.29, 0.717) is 25.3 Å². The molecule has 0 spiro atoms. The normalized spacial score (nSPS) is 18.1. The fourth-order valence-corrected chi connectivity index (χ4v) is 3.47. The molecule has 1 aliphatic heterocycles. The molecular weight excluding hydrogens is 342 g/mol. The zero-order valence-electron chi connectivity index (χ0n) is 15.6. The maximum Gasteiger partial charge on any atom is 0.152 e. The van der Waals surface area contributed by atoms with Crippen molar-refractivity contribution in [3.63, 3.8) is 0 Å². The van der Waals surface area contributed by atoms with Crippen LogP contribution < -0.4 is 0 Å². The lowest BCUT2D eigenvalue weighted by molar-refractivity contribution is -0.121. The number of Topliss-reactive ketones (excluding diaryl/α,β-unsaturated/α-hetero) is 1. The standard InChI is InChI=1S/C20H23N5O2/c1-14-11-25(5-6-27-14)13-19(26)9-18-8-16-7-15(3-4-20(16)23-22-18)17-10-21-24(2)12-17/h3-4,7-8,10,12,14H,5-6,9,11,13H2,1-2H3/t14-/m0/s1. The summed E-state index contributed by atoms with van der Waals surface area (Å²) in [5, 5.41) is 13.7. The van der Waals surface area contributed by atoms with Crippen molar-refractivity contribution in [1.29, 1.82) is 0 Å². The van der Waals surface area contributed by atoms with Gasteiger partial charge in [0.15, 0.2) is 5.78 Å². The molecule has 3 heterocycles. The molecule has 0 N–H and O–H groups in total. The van der Waals surface area contributed by atoms with Crippen molar-refractivity contribution in [2.45, 2.75) is 19.4 Å². The topological polar surface area (TPSA) is 73.1 Å². The average molecular weight is 365 g/mol. The molecular formula is C20H23N5O2. The first-order chi connectivity index (χ1) is 13.1. The van der Waals surface area contributed by atoms with Gasteiger partial charge < -0.3 is 4.74 Å². The van der Waals surface area contributed by atoms with Gasteiger partial charge in [0.2, 0.25) is 0 Å². The van der Waals surface area contributed by atoms with Crippen LogP contribution in [-0.4, -0.2) is 63.0 Å². The third-order valence-corrected chi connectivity index (χ3v) is 4.78. The Bertz CT molecular complexity index is 968. The number of aromatic nitrogens is 4. The quantitative estimate of drug-likeness (QED) is 0.687. The second-order valence-electron chi connectivity index (χ2n) is 7.14. The van der Waals surface area contributed by atoms with Gasteiger partial charge in [0.25, 0.3) is 0 Å². The van der Waals surface area contributed by atoms with Crippen molar-refractivity contribution in [3.8, 4) is 11.1 Å². The Balaban J connectivity index is 1.49. The number of ketones is 1. The lowest BCUT2D eigenvalue weighted by Crippen LogP contribution is -2.43. The Hall–Kier alpha value is -2.64. The van der Waals surface area contributed by atoms with E-state index in [1.165, 1.54) is 0 Å². The Morgan fingerprint density at radius 3 is 2.93 bits per heavy atom. The summed E-state index contributed by atoms with van der Waals surface area (Å²) >= 11 is 0. The fourth-order valence-electron chi connectivity index (χ4n) is 3.47. The van der Waals surface area contributed by atoms with E-state index in [1.54, 1.807) is 4.68 Å². The lowest BCUT2D eigenvalue weighted by Gasteiger charge is -2.30. The molecule has 4 rings (SSSR count). The van der Waals surface area contributed by atoms with Crippen molar-refractivity contribution < 1.29 is 9.53 Å². The molecule has 7 nitrogen and oxygen atoms in total. The number of fused-ring (bicyclic) bond motifs is 1. The Morgan fingerprint density at radius 2 is 2.15 bits per heavy atom. The highest BCUT2D eigenvalue weighted by atomic mass is 16.5. The molecule has 0 radical (unpaired) electrons. The van der Waals surface area contributed by atoms with E-state index in [2.05, 4.69) is 26.3 Å². The molecule has 3 aromatic rings. The number of carbonyl (C=O) groups excluding carboxylic acids is 1. The molecule has 1 fully saturated rings. The van der Waals surface area contributed by atoms with Crippen molar-refractivity contribution >= 4 is 16.7 Å². The van der Waals surface area contributed by atoms with E-state index in [0.717, 1.165) is 35.1 Å². The first kappa shape index (κ1) is 17.8. The van der Waals surface area contributed by atoms with Gasteiger partial charge in [-0.3, -0.25) is 14.4 Å². The number of hydrogen-bond acceptors (Lipinski definition) is 6. The van der Waals surface area contributed by atoms with Crippen molar-refractivity contribution in [2.24, 2.45) is 7.05 Å². The minimum atomic E-state index is 0.154. The number of ether oxygens (including phenoxy) is 1. The summed E-state index contributed by atoms with van der Waals surface area (Å²) in [6.45, 7) is 4.74. The number of rotatable bonds is 5. The molecule has 27 heavy (non-hydrogen) atoms. The van der Waals surface area contributed by atoms with E-state index in [1.807, 2.05) is 44.6 Å². The number of carbonyl (C=O) groups is 1. The molecule has 0 aliphatic carbocycles. The van der Waals surface area contributed by atoms with Crippen LogP contribution in [0.5, 0.6) is 0 Å². The SMILES string of the molecule is C[C@H]1CN(CC(=O)Cc2cc3cc(-c4cnn(C)c4)ccc3nn2)CCO1. The van der Waals surface area contributed by atoms with E-state index >= 15 is 0 Å². The number of benzene rings is 1. The smallest absolute Gasteiger partial charge is 0.152 e. The maximum absolute atomic E-state index is 12.5. The molecule has 0 saturated carbocycles. The third kappa shape index (κ3) is 4.20. The van der Waals surface area contributed by atoms with Gasteiger partial charge in [-0.15, -0.1) is 0 Å². The van der Waals surface area contributed by atoms with Crippen LogP contribution in [-0.2, 0) is 23.0 Å². The summed E-state index contributed by atoms with van der Waals surface area (Å²) < 4.78 is 7.30. The second-order valence-corrected chi connectivity index (χ2v) is 7.14. The van der Waals surface area contributed by atoms with Crippen LogP contribution >= 0.6 is 0 Å². The van der Waals surface area contributed by atoms with Crippen LogP contribution in [0.4, 0.5) is 0 Å². The van der Waals surface area contributed by atoms with Crippen LogP contribution in [0.25, 0.3) is 22.0 Å². The number of nitrogens with zero attached hydrogens (tertiary/aromatic N) is 5. The summed E-state index contributed by atoms with van der Waals surface area (Å²) in [6, 6.07) is 7.99. The first-order valence-corrected chi connectivity index (χ1v) is 9.18. The number of hydrogen-bond donors (Lipinski definition) is 0. The molecule has 7 heteroatoms. The van der Waals surface area contributed by atoms with Crippen molar-refractivity contribution in [2.75, 3.05) is 26.2 Å². The predicted octanol–water partition coefficient (Wildman–Crippen LogP) is 1.86.